The Morgan fingerprint density at radius 2 is 2.22 bits per heavy atom. The quantitative estimate of drug-likeness (QED) is 0.393. The summed E-state index contributed by atoms with van der Waals surface area (Å²) in [5.74, 6) is 0.251. The van der Waals surface area contributed by atoms with Crippen molar-refractivity contribution in [2.24, 2.45) is 0 Å². The van der Waals surface area contributed by atoms with Crippen LogP contribution < -0.4 is 15.5 Å². The maximum absolute atomic E-state index is 11.5. The second-order valence-corrected chi connectivity index (χ2v) is 3.97. The fourth-order valence-electron chi connectivity index (χ4n) is 1.65. The third-order valence-corrected chi connectivity index (χ3v) is 2.56. The predicted molar refractivity (Wildman–Crippen MR) is 70.0 cm³/mol. The number of anilines is 1. The molecule has 0 radical (unpaired) electrons. The van der Waals surface area contributed by atoms with E-state index < -0.39 is 0 Å². The van der Waals surface area contributed by atoms with Crippen molar-refractivity contribution in [3.05, 3.63) is 23.8 Å². The van der Waals surface area contributed by atoms with Crippen molar-refractivity contribution in [1.29, 1.82) is 0 Å². The molecule has 1 aromatic rings. The summed E-state index contributed by atoms with van der Waals surface area (Å²) in [6.45, 7) is 2.66. The van der Waals surface area contributed by atoms with E-state index in [-0.39, 0.29) is 5.97 Å². The van der Waals surface area contributed by atoms with Crippen LogP contribution in [-0.2, 0) is 11.2 Å². The molecule has 0 fully saturated rings. The second-order valence-electron chi connectivity index (χ2n) is 3.97. The van der Waals surface area contributed by atoms with E-state index in [1.54, 1.807) is 18.2 Å². The van der Waals surface area contributed by atoms with Gasteiger partial charge in [-0.3, -0.25) is 15.5 Å². The van der Waals surface area contributed by atoms with Gasteiger partial charge in [0.15, 0.2) is 0 Å². The third-order valence-electron chi connectivity index (χ3n) is 2.56. The van der Waals surface area contributed by atoms with Crippen molar-refractivity contribution in [2.45, 2.75) is 26.2 Å². The molecule has 0 bridgehead atoms. The lowest BCUT2D eigenvalue weighted by atomic mass is 10.1. The van der Waals surface area contributed by atoms with Crippen LogP contribution in [0.15, 0.2) is 18.2 Å². The zero-order chi connectivity index (χ0) is 13.4. The highest BCUT2D eigenvalue weighted by Gasteiger charge is 2.12. The molecule has 0 saturated heterocycles. The Morgan fingerprint density at radius 3 is 2.83 bits per heavy atom. The van der Waals surface area contributed by atoms with E-state index >= 15 is 0 Å². The molecule has 0 heterocycles. The summed E-state index contributed by atoms with van der Waals surface area (Å²) in [6, 6.07) is 5.21. The lowest BCUT2D eigenvalue weighted by Gasteiger charge is -2.13. The Bertz CT molecular complexity index is 394. The van der Waals surface area contributed by atoms with E-state index in [4.69, 9.17) is 9.94 Å². The van der Waals surface area contributed by atoms with Gasteiger partial charge in [0.2, 0.25) is 0 Å². The Hall–Kier alpha value is -1.59. The van der Waals surface area contributed by atoms with Crippen molar-refractivity contribution in [3.63, 3.8) is 0 Å². The molecule has 0 spiro atoms. The molecule has 3 N–H and O–H groups in total. The number of carbonyl (C=O) groups is 1. The molecule has 5 nitrogen and oxygen atoms in total. The van der Waals surface area contributed by atoms with Crippen LogP contribution in [-0.4, -0.2) is 24.8 Å². The molecule has 0 unspecified atom stereocenters. The molecule has 0 atom stereocenters. The van der Waals surface area contributed by atoms with Gasteiger partial charge in [0, 0.05) is 12.0 Å². The minimum atomic E-state index is -0.252. The fraction of sp³-hybridized carbons (Fsp3) is 0.462. The summed E-state index contributed by atoms with van der Waals surface area (Å²) in [5, 5.41) is 12.1. The SMILES string of the molecule is CCCC(=O)Oc1cccc(NO)c1CCNC. The van der Waals surface area contributed by atoms with E-state index in [2.05, 4.69) is 10.8 Å². The minimum Gasteiger partial charge on any atom is -0.426 e. The van der Waals surface area contributed by atoms with E-state index in [0.717, 1.165) is 18.5 Å². The highest BCUT2D eigenvalue weighted by atomic mass is 16.5. The van der Waals surface area contributed by atoms with Crippen LogP contribution in [0.5, 0.6) is 5.75 Å². The zero-order valence-electron chi connectivity index (χ0n) is 10.8. The number of hydrogen-bond donors (Lipinski definition) is 3. The van der Waals surface area contributed by atoms with Crippen LogP contribution in [0.3, 0.4) is 0 Å². The van der Waals surface area contributed by atoms with Gasteiger partial charge in [-0.15, -0.1) is 0 Å². The molecule has 0 aliphatic heterocycles. The standard InChI is InChI=1S/C13H20N2O3/c1-3-5-13(16)18-12-7-4-6-11(15-17)10(12)8-9-14-2/h4,6-7,14-15,17H,3,5,8-9H2,1-2H3. The molecule has 18 heavy (non-hydrogen) atoms. The van der Waals surface area contributed by atoms with Gasteiger partial charge >= 0.3 is 5.97 Å². The van der Waals surface area contributed by atoms with Gasteiger partial charge < -0.3 is 10.1 Å². The van der Waals surface area contributed by atoms with Gasteiger partial charge in [-0.2, -0.15) is 0 Å². The molecule has 0 amide bonds. The summed E-state index contributed by atoms with van der Waals surface area (Å²) in [6.07, 6.45) is 1.81. The fourth-order valence-corrected chi connectivity index (χ4v) is 1.65. The molecule has 1 rings (SSSR count). The number of likely N-dealkylation sites (N-methyl/N-ethyl adjacent to an activating group) is 1. The van der Waals surface area contributed by atoms with Gasteiger partial charge in [0.25, 0.3) is 0 Å². The predicted octanol–water partition coefficient (Wildman–Crippen LogP) is 1.96. The molecule has 0 saturated carbocycles. The first kappa shape index (κ1) is 14.5. The summed E-state index contributed by atoms with van der Waals surface area (Å²) >= 11 is 0. The van der Waals surface area contributed by atoms with E-state index in [9.17, 15) is 4.79 Å². The number of esters is 1. The van der Waals surface area contributed by atoms with Crippen molar-refractivity contribution in [3.8, 4) is 5.75 Å². The summed E-state index contributed by atoms with van der Waals surface area (Å²) < 4.78 is 5.31. The van der Waals surface area contributed by atoms with Crippen molar-refractivity contribution in [1.82, 2.24) is 5.32 Å². The molecule has 100 valence electrons. The number of ether oxygens (including phenoxy) is 1. The van der Waals surface area contributed by atoms with Crippen molar-refractivity contribution in [2.75, 3.05) is 19.1 Å². The highest BCUT2D eigenvalue weighted by Crippen LogP contribution is 2.27. The minimum absolute atomic E-state index is 0.252. The number of rotatable bonds is 7. The molecule has 1 aromatic carbocycles. The zero-order valence-corrected chi connectivity index (χ0v) is 10.8. The first-order valence-corrected chi connectivity index (χ1v) is 6.10. The van der Waals surface area contributed by atoms with Crippen LogP contribution in [0.25, 0.3) is 0 Å². The lowest BCUT2D eigenvalue weighted by molar-refractivity contribution is -0.134. The van der Waals surface area contributed by atoms with E-state index in [1.165, 1.54) is 0 Å². The van der Waals surface area contributed by atoms with Crippen LogP contribution in [0.1, 0.15) is 25.3 Å². The van der Waals surface area contributed by atoms with Crippen LogP contribution in [0.2, 0.25) is 0 Å². The van der Waals surface area contributed by atoms with E-state index in [1.807, 2.05) is 14.0 Å². The van der Waals surface area contributed by atoms with Crippen molar-refractivity contribution >= 4 is 11.7 Å². The van der Waals surface area contributed by atoms with Crippen LogP contribution >= 0.6 is 0 Å². The topological polar surface area (TPSA) is 70.6 Å². The smallest absolute Gasteiger partial charge is 0.311 e. The van der Waals surface area contributed by atoms with Gasteiger partial charge in [0.1, 0.15) is 5.75 Å². The number of hydrogen-bond acceptors (Lipinski definition) is 5. The Morgan fingerprint density at radius 1 is 1.44 bits per heavy atom. The molecule has 0 aliphatic rings. The average molecular weight is 252 g/mol. The maximum atomic E-state index is 11.5. The van der Waals surface area contributed by atoms with Crippen molar-refractivity contribution < 1.29 is 14.7 Å². The first-order chi connectivity index (χ1) is 8.72. The maximum Gasteiger partial charge on any atom is 0.311 e. The van der Waals surface area contributed by atoms with E-state index in [0.29, 0.717) is 24.3 Å². The van der Waals surface area contributed by atoms with Crippen LogP contribution in [0.4, 0.5) is 5.69 Å². The number of carbonyl (C=O) groups excluding carboxylic acids is 1. The third kappa shape index (κ3) is 4.01. The lowest BCUT2D eigenvalue weighted by Crippen LogP contribution is -2.14. The molecule has 0 aliphatic carbocycles. The number of benzene rings is 1. The summed E-state index contributed by atoms with van der Waals surface area (Å²) in [4.78, 5) is 11.5. The summed E-state index contributed by atoms with van der Waals surface area (Å²) in [5.41, 5.74) is 3.48. The molecular formula is C13H20N2O3. The molecular weight excluding hydrogens is 232 g/mol. The molecule has 5 heteroatoms. The van der Waals surface area contributed by atoms with Gasteiger partial charge in [-0.05, 0) is 38.6 Å². The largest absolute Gasteiger partial charge is 0.426 e. The first-order valence-electron chi connectivity index (χ1n) is 6.10. The van der Waals surface area contributed by atoms with Gasteiger partial charge in [-0.25, -0.2) is 0 Å². The molecule has 0 aromatic heterocycles. The van der Waals surface area contributed by atoms with Gasteiger partial charge in [-0.1, -0.05) is 13.0 Å². The monoisotopic (exact) mass is 252 g/mol. The second kappa shape index (κ2) is 7.68. The Kier molecular flexibility index (Phi) is 6.18. The Balaban J connectivity index is 2.90. The Labute approximate surface area is 107 Å². The highest BCUT2D eigenvalue weighted by molar-refractivity contribution is 5.73. The summed E-state index contributed by atoms with van der Waals surface area (Å²) in [7, 11) is 1.84. The van der Waals surface area contributed by atoms with Crippen LogP contribution in [0, 0.1) is 0 Å². The normalized spacial score (nSPS) is 10.2. The van der Waals surface area contributed by atoms with Gasteiger partial charge in [0.05, 0.1) is 5.69 Å². The average Bonchev–Trinajstić information content (AvgIpc) is 2.37. The number of nitrogens with one attached hydrogen (secondary N) is 2.